The number of oxazole rings is 2. The SMILES string of the molecule is Cc1oc(-c2ccc3ccccc3c2)nc1CI.Cc1oc(-c2ccc3ccccc3c2)nc1CO[C@H]1CCC[C@@H](OC[C@@H](OCc2ccc(C(F)(F)F)cc2)C(=O)O)C1. The molecule has 0 spiro atoms. The van der Waals surface area contributed by atoms with Gasteiger partial charge in [-0.25, -0.2) is 14.8 Å². The number of alkyl halides is 4. The molecule has 0 saturated heterocycles. The summed E-state index contributed by atoms with van der Waals surface area (Å²) in [5.41, 5.74) is 3.34. The first-order valence-electron chi connectivity index (χ1n) is 19.6. The van der Waals surface area contributed by atoms with Crippen LogP contribution in [-0.2, 0) is 42.8 Å². The van der Waals surface area contributed by atoms with E-state index in [0.29, 0.717) is 29.5 Å². The molecular weight excluding hydrogens is 888 g/mol. The van der Waals surface area contributed by atoms with Gasteiger partial charge in [0.05, 0.1) is 43.3 Å². The number of carboxylic acid groups (broad SMARTS) is 1. The smallest absolute Gasteiger partial charge is 0.416 e. The standard InChI is InChI=1S/C32H32F3NO6.C15H12INO/c1-20-28(36-30(42-20)24-12-11-22-5-2-3-6-23(22)15-24)18-39-26-7-4-8-27(16-26)40-19-29(31(37)38)41-17-21-9-13-25(14-10-21)32(33,34)35;1-10-14(9-16)17-15(18-10)13-7-6-11-4-2-3-5-12(11)8-13/h2-3,5-6,9-15,26-27,29H,4,7-8,16-19H2,1H3,(H,37,38);2-8H,9H2,1H3/t26-,27+,29+;/m0./s1. The molecule has 0 aliphatic heterocycles. The van der Waals surface area contributed by atoms with E-state index in [1.807, 2.05) is 62.4 Å². The highest BCUT2D eigenvalue weighted by molar-refractivity contribution is 14.1. The molecule has 0 unspecified atom stereocenters. The predicted molar refractivity (Wildman–Crippen MR) is 231 cm³/mol. The average molecular weight is 933 g/mol. The van der Waals surface area contributed by atoms with Crippen molar-refractivity contribution in [3.63, 3.8) is 0 Å². The number of hydrogen-bond donors (Lipinski definition) is 1. The van der Waals surface area contributed by atoms with Crippen LogP contribution in [0.1, 0.15) is 59.7 Å². The summed E-state index contributed by atoms with van der Waals surface area (Å²) < 4.78 is 68.3. The Morgan fingerprint density at radius 3 is 1.82 bits per heavy atom. The third-order valence-electron chi connectivity index (χ3n) is 10.4. The van der Waals surface area contributed by atoms with E-state index in [9.17, 15) is 23.1 Å². The van der Waals surface area contributed by atoms with Crippen LogP contribution in [-0.4, -0.2) is 46.0 Å². The molecule has 1 N–H and O–H groups in total. The Morgan fingerprint density at radius 2 is 1.28 bits per heavy atom. The maximum Gasteiger partial charge on any atom is 0.416 e. The van der Waals surface area contributed by atoms with Crippen molar-refractivity contribution in [1.82, 2.24) is 9.97 Å². The Morgan fingerprint density at radius 1 is 0.750 bits per heavy atom. The minimum Gasteiger partial charge on any atom is -0.479 e. The van der Waals surface area contributed by atoms with Crippen molar-refractivity contribution in [3.8, 4) is 22.9 Å². The van der Waals surface area contributed by atoms with Crippen LogP contribution in [0.15, 0.2) is 118 Å². The molecule has 2 heterocycles. The molecule has 9 nitrogen and oxygen atoms in total. The summed E-state index contributed by atoms with van der Waals surface area (Å²) in [6, 6.07) is 33.2. The van der Waals surface area contributed by atoms with E-state index in [-0.39, 0.29) is 32.0 Å². The lowest BCUT2D eigenvalue weighted by Crippen LogP contribution is -2.34. The van der Waals surface area contributed by atoms with E-state index in [4.69, 9.17) is 23.0 Å². The molecule has 3 atom stereocenters. The van der Waals surface area contributed by atoms with Crippen LogP contribution in [0.3, 0.4) is 0 Å². The number of fused-ring (bicyclic) bond motifs is 2. The number of aryl methyl sites for hydroxylation is 2. The van der Waals surface area contributed by atoms with Crippen molar-refractivity contribution in [2.24, 2.45) is 0 Å². The van der Waals surface area contributed by atoms with Crippen molar-refractivity contribution in [2.75, 3.05) is 6.61 Å². The van der Waals surface area contributed by atoms with Gasteiger partial charge in [0.25, 0.3) is 0 Å². The Hall–Kier alpha value is -5.09. The average Bonchev–Trinajstić information content (AvgIpc) is 3.83. The molecule has 0 bridgehead atoms. The van der Waals surface area contributed by atoms with Gasteiger partial charge in [0.15, 0.2) is 6.10 Å². The Bertz CT molecular complexity index is 2540. The van der Waals surface area contributed by atoms with Crippen LogP contribution < -0.4 is 0 Å². The molecule has 1 saturated carbocycles. The number of ether oxygens (including phenoxy) is 3. The van der Waals surface area contributed by atoms with E-state index < -0.39 is 23.8 Å². The molecule has 7 aromatic rings. The molecule has 2 aromatic heterocycles. The van der Waals surface area contributed by atoms with Gasteiger partial charge in [0.1, 0.15) is 17.2 Å². The summed E-state index contributed by atoms with van der Waals surface area (Å²) >= 11 is 2.30. The number of halogens is 4. The van der Waals surface area contributed by atoms with Crippen LogP contribution in [0.2, 0.25) is 0 Å². The van der Waals surface area contributed by atoms with Gasteiger partial charge in [0.2, 0.25) is 11.8 Å². The van der Waals surface area contributed by atoms with Gasteiger partial charge in [-0.05, 0) is 103 Å². The molecule has 312 valence electrons. The quantitative estimate of drug-likeness (QED) is 0.0891. The van der Waals surface area contributed by atoms with Gasteiger partial charge >= 0.3 is 12.1 Å². The Labute approximate surface area is 359 Å². The maximum atomic E-state index is 12.8. The van der Waals surface area contributed by atoms with Gasteiger partial charge in [-0.2, -0.15) is 13.2 Å². The van der Waals surface area contributed by atoms with Gasteiger partial charge in [0, 0.05) is 15.6 Å². The summed E-state index contributed by atoms with van der Waals surface area (Å²) in [5.74, 6) is 1.65. The summed E-state index contributed by atoms with van der Waals surface area (Å²) in [7, 11) is 0. The van der Waals surface area contributed by atoms with E-state index in [1.165, 1.54) is 22.9 Å². The predicted octanol–water partition coefficient (Wildman–Crippen LogP) is 12.1. The maximum absolute atomic E-state index is 12.8. The van der Waals surface area contributed by atoms with Gasteiger partial charge in [-0.3, -0.25) is 0 Å². The third-order valence-corrected chi connectivity index (χ3v) is 11.2. The van der Waals surface area contributed by atoms with Crippen molar-refractivity contribution in [2.45, 2.75) is 81.7 Å². The molecule has 0 radical (unpaired) electrons. The Balaban J connectivity index is 0.000000250. The van der Waals surface area contributed by atoms with E-state index >= 15 is 0 Å². The van der Waals surface area contributed by atoms with Crippen LogP contribution >= 0.6 is 22.6 Å². The molecule has 1 fully saturated rings. The monoisotopic (exact) mass is 932 g/mol. The first-order valence-corrected chi connectivity index (χ1v) is 21.2. The molecule has 60 heavy (non-hydrogen) atoms. The van der Waals surface area contributed by atoms with E-state index in [0.717, 1.165) is 74.9 Å². The highest BCUT2D eigenvalue weighted by atomic mass is 127. The number of benzene rings is 5. The summed E-state index contributed by atoms with van der Waals surface area (Å²) in [4.78, 5) is 20.9. The number of nitrogens with zero attached hydrogens (tertiary/aromatic N) is 2. The molecule has 0 amide bonds. The largest absolute Gasteiger partial charge is 0.479 e. The number of aliphatic carboxylic acids is 1. The first-order chi connectivity index (χ1) is 28.9. The highest BCUT2D eigenvalue weighted by Gasteiger charge is 2.30. The molecular formula is C47H44F3IN2O7. The van der Waals surface area contributed by atoms with Crippen molar-refractivity contribution >= 4 is 50.1 Å². The van der Waals surface area contributed by atoms with Gasteiger partial charge in [-0.1, -0.05) is 95.4 Å². The summed E-state index contributed by atoms with van der Waals surface area (Å²) in [5, 5.41) is 14.3. The number of carboxylic acids is 1. The molecule has 5 aromatic carbocycles. The number of carbonyl (C=O) groups is 1. The zero-order chi connectivity index (χ0) is 42.2. The minimum atomic E-state index is -4.44. The van der Waals surface area contributed by atoms with Crippen LogP contribution in [0.4, 0.5) is 13.2 Å². The number of aromatic nitrogens is 2. The van der Waals surface area contributed by atoms with Gasteiger partial charge in [-0.15, -0.1) is 0 Å². The number of rotatable bonds is 13. The lowest BCUT2D eigenvalue weighted by Gasteiger charge is -2.29. The highest BCUT2D eigenvalue weighted by Crippen LogP contribution is 2.31. The van der Waals surface area contributed by atoms with Crippen LogP contribution in [0.5, 0.6) is 0 Å². The minimum absolute atomic E-state index is 0.0830. The fourth-order valence-electron chi connectivity index (χ4n) is 7.01. The molecule has 1 aliphatic rings. The Kier molecular flexibility index (Phi) is 14.0. The zero-order valence-electron chi connectivity index (χ0n) is 33.1. The molecule has 13 heteroatoms. The second-order valence-corrected chi connectivity index (χ2v) is 15.5. The summed E-state index contributed by atoms with van der Waals surface area (Å²) in [6.45, 7) is 3.79. The van der Waals surface area contributed by atoms with E-state index in [1.54, 1.807) is 0 Å². The topological polar surface area (TPSA) is 117 Å². The second-order valence-electron chi connectivity index (χ2n) is 14.7. The number of hydrogen-bond acceptors (Lipinski definition) is 8. The fraction of sp³-hybridized carbons (Fsp3) is 0.298. The normalized spacial score (nSPS) is 16.1. The lowest BCUT2D eigenvalue weighted by molar-refractivity contribution is -0.159. The summed E-state index contributed by atoms with van der Waals surface area (Å²) in [6.07, 6.45) is -2.90. The fourth-order valence-corrected chi connectivity index (χ4v) is 7.72. The van der Waals surface area contributed by atoms with Crippen molar-refractivity contribution < 1.29 is 46.1 Å². The van der Waals surface area contributed by atoms with Crippen molar-refractivity contribution in [3.05, 3.63) is 143 Å². The van der Waals surface area contributed by atoms with E-state index in [2.05, 4.69) is 69.0 Å². The van der Waals surface area contributed by atoms with Crippen molar-refractivity contribution in [1.29, 1.82) is 0 Å². The molecule has 1 aliphatic carbocycles. The molecule has 8 rings (SSSR count). The van der Waals surface area contributed by atoms with Crippen LogP contribution in [0.25, 0.3) is 44.5 Å². The third kappa shape index (κ3) is 11.0. The zero-order valence-corrected chi connectivity index (χ0v) is 35.2. The second kappa shape index (κ2) is 19.5. The van der Waals surface area contributed by atoms with Gasteiger partial charge < -0.3 is 28.2 Å². The first kappa shape index (κ1) is 43.0. The van der Waals surface area contributed by atoms with Crippen LogP contribution in [0, 0.1) is 13.8 Å². The lowest BCUT2D eigenvalue weighted by atomic mass is 9.95.